The minimum atomic E-state index is 0.00494. The lowest BCUT2D eigenvalue weighted by molar-refractivity contribution is 0.0493. The molecule has 0 bridgehead atoms. The number of carbonyl (C=O) groups excluding carboxylic acids is 1. The molecule has 0 radical (unpaired) electrons. The van der Waals surface area contributed by atoms with Crippen molar-refractivity contribution in [2.45, 2.75) is 25.8 Å². The van der Waals surface area contributed by atoms with Crippen molar-refractivity contribution in [3.05, 3.63) is 35.5 Å². The number of rotatable bonds is 3. The molecule has 0 spiro atoms. The molecule has 1 N–H and O–H groups in total. The van der Waals surface area contributed by atoms with Crippen LogP contribution in [0, 0.1) is 5.92 Å². The van der Waals surface area contributed by atoms with Crippen molar-refractivity contribution in [1.82, 2.24) is 14.9 Å². The summed E-state index contributed by atoms with van der Waals surface area (Å²) in [5.41, 5.74) is 0.784. The zero-order valence-electron chi connectivity index (χ0n) is 12.5. The van der Waals surface area contributed by atoms with Crippen LogP contribution in [-0.2, 0) is 0 Å². The number of thiazole rings is 1. The first-order valence-electron chi connectivity index (χ1n) is 7.48. The van der Waals surface area contributed by atoms with E-state index in [-0.39, 0.29) is 24.5 Å². The van der Waals surface area contributed by atoms with Crippen molar-refractivity contribution in [2.75, 3.05) is 13.2 Å². The van der Waals surface area contributed by atoms with E-state index in [9.17, 15) is 9.90 Å². The molecule has 2 aromatic heterocycles. The Balaban J connectivity index is 1.79. The molecule has 2 unspecified atom stereocenters. The number of pyridine rings is 1. The van der Waals surface area contributed by atoms with E-state index in [1.807, 2.05) is 23.1 Å². The van der Waals surface area contributed by atoms with Gasteiger partial charge in [0, 0.05) is 25.4 Å². The van der Waals surface area contributed by atoms with E-state index >= 15 is 0 Å². The van der Waals surface area contributed by atoms with Crippen LogP contribution >= 0.6 is 11.3 Å². The largest absolute Gasteiger partial charge is 0.396 e. The molecule has 0 saturated carbocycles. The van der Waals surface area contributed by atoms with Gasteiger partial charge in [-0.15, -0.1) is 11.3 Å². The van der Waals surface area contributed by atoms with Gasteiger partial charge in [0.15, 0.2) is 0 Å². The summed E-state index contributed by atoms with van der Waals surface area (Å²) in [7, 11) is 0. The fourth-order valence-corrected chi connectivity index (χ4v) is 3.59. The molecule has 6 heteroatoms. The van der Waals surface area contributed by atoms with Crippen molar-refractivity contribution in [3.63, 3.8) is 0 Å². The maximum atomic E-state index is 12.7. The predicted octanol–water partition coefficient (Wildman–Crippen LogP) is 2.44. The molecular formula is C16H19N3O2S. The zero-order valence-corrected chi connectivity index (χ0v) is 13.3. The topological polar surface area (TPSA) is 66.3 Å². The highest BCUT2D eigenvalue weighted by atomic mass is 32.1. The third-order valence-electron chi connectivity index (χ3n) is 4.10. The lowest BCUT2D eigenvalue weighted by atomic mass is 9.94. The number of aliphatic hydroxyl groups is 1. The number of aromatic nitrogens is 2. The van der Waals surface area contributed by atoms with Gasteiger partial charge < -0.3 is 10.0 Å². The molecule has 1 fully saturated rings. The Bertz CT molecular complexity index is 644. The third kappa shape index (κ3) is 3.03. The molecule has 116 valence electrons. The monoisotopic (exact) mass is 317 g/mol. The Labute approximate surface area is 133 Å². The number of piperidine rings is 1. The molecule has 2 atom stereocenters. The maximum Gasteiger partial charge on any atom is 0.265 e. The van der Waals surface area contributed by atoms with Crippen LogP contribution in [-0.4, -0.2) is 45.1 Å². The number of aliphatic hydroxyl groups excluding tert-OH is 1. The van der Waals surface area contributed by atoms with Crippen LogP contribution in [0.1, 0.15) is 29.4 Å². The number of carbonyl (C=O) groups is 1. The molecular weight excluding hydrogens is 298 g/mol. The summed E-state index contributed by atoms with van der Waals surface area (Å²) >= 11 is 1.37. The number of hydrogen-bond donors (Lipinski definition) is 1. The standard InChI is InChI=1S/C16H19N3O2S/c1-11-5-6-12(10-20)9-19(11)16(21)14-8-18-15(22-14)13-4-2-3-7-17-13/h2-4,7-8,11-12,20H,5-6,9-10H2,1H3. The molecule has 3 rings (SSSR count). The smallest absolute Gasteiger partial charge is 0.265 e. The van der Waals surface area contributed by atoms with Gasteiger partial charge in [-0.05, 0) is 37.8 Å². The predicted molar refractivity (Wildman–Crippen MR) is 85.7 cm³/mol. The van der Waals surface area contributed by atoms with Gasteiger partial charge in [-0.3, -0.25) is 9.78 Å². The summed E-state index contributed by atoms with van der Waals surface area (Å²) in [5, 5.41) is 10.1. The number of likely N-dealkylation sites (tertiary alicyclic amines) is 1. The normalized spacial score (nSPS) is 21.8. The Morgan fingerprint density at radius 2 is 2.27 bits per heavy atom. The van der Waals surface area contributed by atoms with Crippen LogP contribution in [0.25, 0.3) is 10.7 Å². The second kappa shape index (κ2) is 6.54. The average molecular weight is 317 g/mol. The van der Waals surface area contributed by atoms with Crippen LogP contribution in [0.5, 0.6) is 0 Å². The lowest BCUT2D eigenvalue weighted by Crippen LogP contribution is -2.46. The van der Waals surface area contributed by atoms with Crippen LogP contribution < -0.4 is 0 Å². The first-order chi connectivity index (χ1) is 10.7. The van der Waals surface area contributed by atoms with E-state index in [0.717, 1.165) is 23.5 Å². The van der Waals surface area contributed by atoms with E-state index in [4.69, 9.17) is 0 Å². The minimum Gasteiger partial charge on any atom is -0.396 e. The Hall–Kier alpha value is -1.79. The van der Waals surface area contributed by atoms with Crippen molar-refractivity contribution < 1.29 is 9.90 Å². The van der Waals surface area contributed by atoms with E-state index in [1.54, 1.807) is 12.4 Å². The fourth-order valence-electron chi connectivity index (χ4n) is 2.74. The van der Waals surface area contributed by atoms with E-state index in [0.29, 0.717) is 11.4 Å². The zero-order chi connectivity index (χ0) is 15.5. The molecule has 1 saturated heterocycles. The highest BCUT2D eigenvalue weighted by Crippen LogP contribution is 2.28. The average Bonchev–Trinajstić information content (AvgIpc) is 3.05. The van der Waals surface area contributed by atoms with Gasteiger partial charge in [0.05, 0.1) is 11.9 Å². The summed E-state index contributed by atoms with van der Waals surface area (Å²) in [5.74, 6) is 0.189. The van der Waals surface area contributed by atoms with Crippen molar-refractivity contribution in [3.8, 4) is 10.7 Å². The lowest BCUT2D eigenvalue weighted by Gasteiger charge is -2.37. The van der Waals surface area contributed by atoms with Crippen molar-refractivity contribution in [1.29, 1.82) is 0 Å². The molecule has 2 aromatic rings. The quantitative estimate of drug-likeness (QED) is 0.944. The van der Waals surface area contributed by atoms with Gasteiger partial charge in [-0.25, -0.2) is 4.98 Å². The summed E-state index contributed by atoms with van der Waals surface area (Å²) < 4.78 is 0. The Kier molecular flexibility index (Phi) is 4.49. The molecule has 22 heavy (non-hydrogen) atoms. The third-order valence-corrected chi connectivity index (χ3v) is 5.11. The van der Waals surface area contributed by atoms with Gasteiger partial charge in [0.1, 0.15) is 9.88 Å². The Morgan fingerprint density at radius 3 is 3.00 bits per heavy atom. The molecule has 5 nitrogen and oxygen atoms in total. The maximum absolute atomic E-state index is 12.7. The molecule has 1 aliphatic rings. The second-order valence-corrected chi connectivity index (χ2v) is 6.71. The molecule has 1 aliphatic heterocycles. The van der Waals surface area contributed by atoms with Crippen molar-refractivity contribution >= 4 is 17.2 Å². The molecule has 3 heterocycles. The summed E-state index contributed by atoms with van der Waals surface area (Å²) in [4.78, 5) is 23.8. The van der Waals surface area contributed by atoms with Gasteiger partial charge in [0.2, 0.25) is 0 Å². The number of nitrogens with zero attached hydrogens (tertiary/aromatic N) is 3. The first-order valence-corrected chi connectivity index (χ1v) is 8.29. The van der Waals surface area contributed by atoms with Crippen LogP contribution in [0.15, 0.2) is 30.6 Å². The highest BCUT2D eigenvalue weighted by Gasteiger charge is 2.30. The van der Waals surface area contributed by atoms with Crippen LogP contribution in [0.2, 0.25) is 0 Å². The highest BCUT2D eigenvalue weighted by molar-refractivity contribution is 7.16. The van der Waals surface area contributed by atoms with E-state index < -0.39 is 0 Å². The first kappa shape index (κ1) is 15.1. The van der Waals surface area contributed by atoms with Crippen LogP contribution in [0.4, 0.5) is 0 Å². The number of hydrogen-bond acceptors (Lipinski definition) is 5. The fraction of sp³-hybridized carbons (Fsp3) is 0.438. The van der Waals surface area contributed by atoms with E-state index in [2.05, 4.69) is 16.9 Å². The summed E-state index contributed by atoms with van der Waals surface area (Å²) in [6.45, 7) is 2.82. The molecule has 0 aliphatic carbocycles. The Morgan fingerprint density at radius 1 is 1.41 bits per heavy atom. The minimum absolute atomic E-state index is 0.00494. The second-order valence-electron chi connectivity index (χ2n) is 5.68. The summed E-state index contributed by atoms with van der Waals surface area (Å²) in [6.07, 6.45) is 5.26. The summed E-state index contributed by atoms with van der Waals surface area (Å²) in [6, 6.07) is 5.85. The van der Waals surface area contributed by atoms with Crippen LogP contribution in [0.3, 0.4) is 0 Å². The number of amides is 1. The van der Waals surface area contributed by atoms with Gasteiger partial charge >= 0.3 is 0 Å². The van der Waals surface area contributed by atoms with Gasteiger partial charge in [-0.1, -0.05) is 6.07 Å². The van der Waals surface area contributed by atoms with Gasteiger partial charge in [0.25, 0.3) is 5.91 Å². The van der Waals surface area contributed by atoms with Crippen molar-refractivity contribution in [2.24, 2.45) is 5.92 Å². The molecule has 0 aromatic carbocycles. The molecule has 1 amide bonds. The van der Waals surface area contributed by atoms with Gasteiger partial charge in [-0.2, -0.15) is 0 Å². The van der Waals surface area contributed by atoms with E-state index in [1.165, 1.54) is 11.3 Å². The SMILES string of the molecule is CC1CCC(CO)CN1C(=O)c1cnc(-c2ccccn2)s1.